The lowest BCUT2D eigenvalue weighted by atomic mass is 10.1. The average Bonchev–Trinajstić information content (AvgIpc) is 2.16. The molecule has 0 aliphatic carbocycles. The number of benzene rings is 1. The van der Waals surface area contributed by atoms with Gasteiger partial charge < -0.3 is 10.2 Å². The number of carbonyl (C=O) groups is 1. The summed E-state index contributed by atoms with van der Waals surface area (Å²) in [4.78, 5) is 14.8. The topological polar surface area (TPSA) is 69.9 Å². The fourth-order valence-electron chi connectivity index (χ4n) is 1.04. The molecule has 4 nitrogen and oxygen atoms in total. The molecule has 1 aromatic carbocycles. The van der Waals surface area contributed by atoms with E-state index in [4.69, 9.17) is 5.11 Å². The van der Waals surface area contributed by atoms with Crippen molar-refractivity contribution in [2.24, 2.45) is 4.99 Å². The van der Waals surface area contributed by atoms with E-state index in [9.17, 15) is 9.90 Å². The second kappa shape index (κ2) is 4.59. The third-order valence-electron chi connectivity index (χ3n) is 1.77. The lowest BCUT2D eigenvalue weighted by Crippen LogP contribution is -1.98. The molecular formula is C11H13NO3. The number of aliphatic imine (C=N–C) groups is 1. The van der Waals surface area contributed by atoms with Crippen molar-refractivity contribution in [3.05, 3.63) is 29.3 Å². The molecule has 0 fully saturated rings. The van der Waals surface area contributed by atoms with Gasteiger partial charge in [-0.15, -0.1) is 0 Å². The van der Waals surface area contributed by atoms with Crippen LogP contribution >= 0.6 is 0 Å². The molecule has 0 aliphatic heterocycles. The molecule has 0 radical (unpaired) electrons. The number of aromatic hydroxyl groups is 1. The zero-order chi connectivity index (χ0) is 11.4. The Bertz CT molecular complexity index is 397. The molecule has 0 bridgehead atoms. The van der Waals surface area contributed by atoms with Gasteiger partial charge in [0, 0.05) is 12.3 Å². The molecule has 0 amide bonds. The molecule has 0 unspecified atom stereocenters. The number of phenols is 1. The monoisotopic (exact) mass is 207 g/mol. The first kappa shape index (κ1) is 11.2. The van der Waals surface area contributed by atoms with E-state index in [1.807, 2.05) is 13.8 Å². The number of aromatic carboxylic acids is 1. The van der Waals surface area contributed by atoms with E-state index in [2.05, 4.69) is 4.99 Å². The van der Waals surface area contributed by atoms with Gasteiger partial charge in [0.1, 0.15) is 11.3 Å². The predicted octanol–water partition coefficient (Wildman–Crippen LogP) is 1.92. The predicted molar refractivity (Wildman–Crippen MR) is 57.8 cm³/mol. The Morgan fingerprint density at radius 2 is 2.13 bits per heavy atom. The summed E-state index contributed by atoms with van der Waals surface area (Å²) in [5.41, 5.74) is 0.557. The summed E-state index contributed by atoms with van der Waals surface area (Å²) in [6.45, 7) is 3.85. The van der Waals surface area contributed by atoms with E-state index in [1.54, 1.807) is 12.3 Å². The van der Waals surface area contributed by atoms with E-state index in [1.165, 1.54) is 12.1 Å². The van der Waals surface area contributed by atoms with Gasteiger partial charge >= 0.3 is 5.97 Å². The van der Waals surface area contributed by atoms with E-state index in [0.29, 0.717) is 5.56 Å². The summed E-state index contributed by atoms with van der Waals surface area (Å²) >= 11 is 0. The molecule has 0 spiro atoms. The molecule has 80 valence electrons. The highest BCUT2D eigenvalue weighted by atomic mass is 16.4. The second-order valence-corrected chi connectivity index (χ2v) is 3.45. The second-order valence-electron chi connectivity index (χ2n) is 3.45. The highest BCUT2D eigenvalue weighted by Gasteiger charge is 2.08. The van der Waals surface area contributed by atoms with Crippen LogP contribution in [0.2, 0.25) is 0 Å². The molecule has 0 atom stereocenters. The Balaban J connectivity index is 3.03. The molecule has 0 saturated heterocycles. The van der Waals surface area contributed by atoms with Gasteiger partial charge in [-0.3, -0.25) is 4.99 Å². The van der Waals surface area contributed by atoms with E-state index >= 15 is 0 Å². The van der Waals surface area contributed by atoms with E-state index < -0.39 is 5.97 Å². The van der Waals surface area contributed by atoms with Crippen molar-refractivity contribution in [1.29, 1.82) is 0 Å². The van der Waals surface area contributed by atoms with E-state index in [0.717, 1.165) is 0 Å². The number of rotatable bonds is 3. The molecule has 15 heavy (non-hydrogen) atoms. The molecule has 0 saturated carbocycles. The first-order valence-corrected chi connectivity index (χ1v) is 4.60. The Morgan fingerprint density at radius 3 is 2.67 bits per heavy atom. The summed E-state index contributed by atoms with van der Waals surface area (Å²) in [6, 6.07) is 4.52. The van der Waals surface area contributed by atoms with Crippen LogP contribution in [0.15, 0.2) is 23.2 Å². The minimum atomic E-state index is -1.15. The molecule has 0 heterocycles. The van der Waals surface area contributed by atoms with Gasteiger partial charge in [0.25, 0.3) is 0 Å². The standard InChI is InChI=1S/C11H13NO3/c1-7(2)12-6-8-3-4-10(13)9(5-8)11(14)15/h3-7,13H,1-2H3,(H,14,15). The van der Waals surface area contributed by atoms with Gasteiger partial charge in [-0.1, -0.05) is 0 Å². The van der Waals surface area contributed by atoms with Crippen molar-refractivity contribution >= 4 is 12.2 Å². The summed E-state index contributed by atoms with van der Waals surface area (Å²) in [6.07, 6.45) is 1.59. The summed E-state index contributed by atoms with van der Waals surface area (Å²) < 4.78 is 0. The van der Waals surface area contributed by atoms with Crippen LogP contribution in [0.5, 0.6) is 5.75 Å². The Hall–Kier alpha value is -1.84. The zero-order valence-electron chi connectivity index (χ0n) is 8.64. The summed E-state index contributed by atoms with van der Waals surface area (Å²) in [5.74, 6) is -1.38. The van der Waals surface area contributed by atoms with Gasteiger partial charge in [-0.25, -0.2) is 4.79 Å². The van der Waals surface area contributed by atoms with Crippen LogP contribution in [0.25, 0.3) is 0 Å². The largest absolute Gasteiger partial charge is 0.507 e. The minimum Gasteiger partial charge on any atom is -0.507 e. The van der Waals surface area contributed by atoms with Gasteiger partial charge in [0.2, 0.25) is 0 Å². The lowest BCUT2D eigenvalue weighted by molar-refractivity contribution is 0.0693. The number of carboxylic acids is 1. The molecular weight excluding hydrogens is 194 g/mol. The normalized spacial score (nSPS) is 11.1. The molecule has 0 aliphatic rings. The number of hydrogen-bond acceptors (Lipinski definition) is 3. The molecule has 4 heteroatoms. The number of nitrogens with zero attached hydrogens (tertiary/aromatic N) is 1. The van der Waals surface area contributed by atoms with Crippen molar-refractivity contribution in [3.63, 3.8) is 0 Å². The fraction of sp³-hybridized carbons (Fsp3) is 0.273. The number of hydrogen-bond donors (Lipinski definition) is 2. The van der Waals surface area contributed by atoms with Crippen LogP contribution in [0.3, 0.4) is 0 Å². The van der Waals surface area contributed by atoms with Crippen molar-refractivity contribution in [2.45, 2.75) is 19.9 Å². The number of carboxylic acid groups (broad SMARTS) is 1. The van der Waals surface area contributed by atoms with Crippen molar-refractivity contribution in [1.82, 2.24) is 0 Å². The molecule has 2 N–H and O–H groups in total. The Kier molecular flexibility index (Phi) is 3.44. The first-order chi connectivity index (χ1) is 7.00. The van der Waals surface area contributed by atoms with Gasteiger partial charge in [0.15, 0.2) is 0 Å². The van der Waals surface area contributed by atoms with E-state index in [-0.39, 0.29) is 17.4 Å². The lowest BCUT2D eigenvalue weighted by Gasteiger charge is -2.01. The Labute approximate surface area is 87.9 Å². The highest BCUT2D eigenvalue weighted by molar-refractivity contribution is 5.93. The van der Waals surface area contributed by atoms with Crippen LogP contribution in [0, 0.1) is 0 Å². The van der Waals surface area contributed by atoms with Crippen LogP contribution in [-0.4, -0.2) is 28.4 Å². The van der Waals surface area contributed by atoms with Crippen molar-refractivity contribution in [3.8, 4) is 5.75 Å². The molecule has 1 aromatic rings. The zero-order valence-corrected chi connectivity index (χ0v) is 8.64. The van der Waals surface area contributed by atoms with Crippen LogP contribution < -0.4 is 0 Å². The average molecular weight is 207 g/mol. The minimum absolute atomic E-state index is 0.109. The third kappa shape index (κ3) is 3.09. The van der Waals surface area contributed by atoms with Gasteiger partial charge in [-0.2, -0.15) is 0 Å². The van der Waals surface area contributed by atoms with Crippen LogP contribution in [-0.2, 0) is 0 Å². The van der Waals surface area contributed by atoms with Crippen molar-refractivity contribution < 1.29 is 15.0 Å². The maximum absolute atomic E-state index is 10.7. The fourth-order valence-corrected chi connectivity index (χ4v) is 1.04. The van der Waals surface area contributed by atoms with Crippen molar-refractivity contribution in [2.75, 3.05) is 0 Å². The molecule has 0 aromatic heterocycles. The third-order valence-corrected chi connectivity index (χ3v) is 1.77. The summed E-state index contributed by atoms with van der Waals surface area (Å²) in [7, 11) is 0. The molecule has 1 rings (SSSR count). The first-order valence-electron chi connectivity index (χ1n) is 4.60. The van der Waals surface area contributed by atoms with Crippen LogP contribution in [0.4, 0.5) is 0 Å². The quantitative estimate of drug-likeness (QED) is 0.744. The van der Waals surface area contributed by atoms with Gasteiger partial charge in [0.05, 0.1) is 0 Å². The maximum Gasteiger partial charge on any atom is 0.339 e. The Morgan fingerprint density at radius 1 is 1.47 bits per heavy atom. The van der Waals surface area contributed by atoms with Crippen LogP contribution in [0.1, 0.15) is 29.8 Å². The SMILES string of the molecule is CC(C)N=Cc1ccc(O)c(C(=O)O)c1. The maximum atomic E-state index is 10.7. The van der Waals surface area contributed by atoms with Gasteiger partial charge in [-0.05, 0) is 37.6 Å². The summed E-state index contributed by atoms with van der Waals surface area (Å²) in [5, 5.41) is 18.0. The highest BCUT2D eigenvalue weighted by Crippen LogP contribution is 2.17. The smallest absolute Gasteiger partial charge is 0.339 e.